The fourth-order valence-corrected chi connectivity index (χ4v) is 11.8. The molecule has 18 atom stereocenters. The zero-order chi connectivity index (χ0) is 39.6. The molecule has 0 radical (unpaired) electrons. The first-order valence-electron chi connectivity index (χ1n) is 19.9. The van der Waals surface area contributed by atoms with Crippen LogP contribution in [0, 0.1) is 34.5 Å². The molecule has 7 rings (SSSR count). The molecular weight excluding hydrogens is 716 g/mol. The lowest BCUT2D eigenvalue weighted by Gasteiger charge is -2.58. The van der Waals surface area contributed by atoms with Crippen molar-refractivity contribution >= 4 is 5.78 Å². The van der Waals surface area contributed by atoms with Gasteiger partial charge in [0.05, 0.1) is 33.5 Å². The molecule has 6 aliphatic rings. The molecule has 0 amide bonds. The number of carbonyl (C=O) groups is 1. The van der Waals surface area contributed by atoms with Crippen molar-refractivity contribution in [2.24, 2.45) is 34.5 Å². The van der Waals surface area contributed by atoms with Crippen LogP contribution in [0.5, 0.6) is 11.5 Å². The number of benzene rings is 1. The summed E-state index contributed by atoms with van der Waals surface area (Å²) in [6.45, 7) is 5.15. The minimum absolute atomic E-state index is 0.0286. The topological polar surface area (TPSA) is 214 Å². The molecule has 0 aromatic heterocycles. The summed E-state index contributed by atoms with van der Waals surface area (Å²) in [6, 6.07) is 5.88. The van der Waals surface area contributed by atoms with Gasteiger partial charge >= 0.3 is 0 Å². The van der Waals surface area contributed by atoms with Crippen LogP contribution < -0.4 is 9.47 Å². The zero-order valence-corrected chi connectivity index (χ0v) is 32.4. The predicted octanol–water partition coefficient (Wildman–Crippen LogP) is 1.57. The maximum atomic E-state index is 13.5. The first-order valence-corrected chi connectivity index (χ1v) is 19.9. The quantitative estimate of drug-likeness (QED) is 0.168. The fourth-order valence-electron chi connectivity index (χ4n) is 11.8. The maximum absolute atomic E-state index is 13.5. The molecule has 1 aromatic carbocycles. The van der Waals surface area contributed by atoms with E-state index < -0.39 is 74.6 Å². The molecule has 0 bridgehead atoms. The van der Waals surface area contributed by atoms with Gasteiger partial charge in [-0.15, -0.1) is 0 Å². The van der Waals surface area contributed by atoms with Crippen LogP contribution in [0.15, 0.2) is 29.8 Å². The predicted molar refractivity (Wildman–Crippen MR) is 195 cm³/mol. The van der Waals surface area contributed by atoms with Gasteiger partial charge in [-0.1, -0.05) is 25.5 Å². The monoisotopic (exact) mass is 776 g/mol. The fraction of sp³-hybridized carbons (Fsp3) is 0.780. The van der Waals surface area contributed by atoms with E-state index in [0.29, 0.717) is 30.6 Å². The number of methoxy groups -OCH3 is 2. The van der Waals surface area contributed by atoms with Gasteiger partial charge in [-0.25, -0.2) is 0 Å². The number of Topliss-reactive ketones (excluding diaryl/α,β-unsaturated/α-hetero) is 1. The molecule has 55 heavy (non-hydrogen) atoms. The maximum Gasteiger partial charge on any atom is 0.187 e. The van der Waals surface area contributed by atoms with Gasteiger partial charge in [0.1, 0.15) is 66.1 Å². The minimum Gasteiger partial charge on any atom is -0.497 e. The van der Waals surface area contributed by atoms with Crippen LogP contribution in [0.2, 0.25) is 0 Å². The summed E-state index contributed by atoms with van der Waals surface area (Å²) in [5.41, 5.74) is 2.15. The van der Waals surface area contributed by atoms with Gasteiger partial charge in [-0.3, -0.25) is 4.79 Å². The Balaban J connectivity index is 1.04. The Morgan fingerprint density at radius 1 is 0.836 bits per heavy atom. The summed E-state index contributed by atoms with van der Waals surface area (Å²) in [6.07, 6.45) is -6.96. The Morgan fingerprint density at radius 3 is 2.20 bits per heavy atom. The largest absolute Gasteiger partial charge is 0.497 e. The van der Waals surface area contributed by atoms with E-state index in [4.69, 9.17) is 28.4 Å². The molecule has 2 aliphatic heterocycles. The van der Waals surface area contributed by atoms with Gasteiger partial charge < -0.3 is 64.2 Å². The van der Waals surface area contributed by atoms with E-state index in [1.165, 1.54) is 5.57 Å². The Morgan fingerprint density at radius 2 is 1.53 bits per heavy atom. The van der Waals surface area contributed by atoms with Gasteiger partial charge in [-0.2, -0.15) is 0 Å². The second-order valence-corrected chi connectivity index (χ2v) is 17.3. The van der Waals surface area contributed by atoms with E-state index in [1.807, 2.05) is 18.2 Å². The molecule has 2 saturated heterocycles. The van der Waals surface area contributed by atoms with Crippen molar-refractivity contribution in [2.75, 3.05) is 27.4 Å². The number of ketones is 1. The Labute approximate surface area is 322 Å². The number of carbonyl (C=O) groups excluding carboxylic acids is 1. The number of allylic oxidation sites excluding steroid dienone is 1. The van der Waals surface area contributed by atoms with Crippen molar-refractivity contribution in [3.8, 4) is 11.5 Å². The molecule has 308 valence electrons. The summed E-state index contributed by atoms with van der Waals surface area (Å²) in [5.74, 6) is 2.87. The Bertz CT molecular complexity index is 1570. The van der Waals surface area contributed by atoms with E-state index in [0.717, 1.165) is 49.2 Å². The second-order valence-electron chi connectivity index (χ2n) is 17.3. The zero-order valence-electron chi connectivity index (χ0n) is 32.4. The van der Waals surface area contributed by atoms with E-state index in [-0.39, 0.29) is 34.6 Å². The summed E-state index contributed by atoms with van der Waals surface area (Å²) in [7, 11) is 3.33. The molecule has 5 fully saturated rings. The highest BCUT2D eigenvalue weighted by Gasteiger charge is 2.63. The second kappa shape index (κ2) is 15.9. The van der Waals surface area contributed by atoms with Gasteiger partial charge in [-0.05, 0) is 105 Å². The van der Waals surface area contributed by atoms with Crippen LogP contribution in [0.1, 0.15) is 77.2 Å². The third-order valence-electron chi connectivity index (χ3n) is 14.7. The first-order chi connectivity index (χ1) is 26.2. The summed E-state index contributed by atoms with van der Waals surface area (Å²) < 4.78 is 34.9. The normalized spacial score (nSPS) is 46.9. The van der Waals surface area contributed by atoms with Gasteiger partial charge in [0, 0.05) is 11.5 Å². The molecule has 2 heterocycles. The van der Waals surface area contributed by atoms with Crippen molar-refractivity contribution in [3.05, 3.63) is 35.4 Å². The third-order valence-corrected chi connectivity index (χ3v) is 14.7. The van der Waals surface area contributed by atoms with Crippen molar-refractivity contribution in [1.29, 1.82) is 0 Å². The number of aliphatic hydroxyl groups is 7. The standard InChI is InChI=1S/C41H60O14/c1-19(44)31-25(24-15-21(50-4)7-9-28(24)51-5)16-27-23-8-6-20-14-22(10-12-40(20,2)26(23)11-13-41(27,31)3)52-38-36(49)34(47)37(30(18-43)54-38)55-39-35(48)33(46)32(45)29(17-42)53-39/h6-7,9,15,22-23,25-27,29-39,42-43,45-49H,8,10-14,16-18H2,1-5H3/t22-,23+,25-,26-,27-,29+,30+,31-,32+,33-,34+,35+,36+,37+,38-,39+,40-,41-/m0/s1. The molecule has 0 unspecified atom stereocenters. The molecule has 4 aliphatic carbocycles. The van der Waals surface area contributed by atoms with Crippen molar-refractivity contribution in [1.82, 2.24) is 0 Å². The van der Waals surface area contributed by atoms with Gasteiger partial charge in [0.25, 0.3) is 0 Å². The highest BCUT2D eigenvalue weighted by atomic mass is 16.7. The number of aliphatic hydroxyl groups excluding tert-OH is 7. The van der Waals surface area contributed by atoms with Crippen LogP contribution >= 0.6 is 0 Å². The van der Waals surface area contributed by atoms with Crippen LogP contribution in [0.4, 0.5) is 0 Å². The molecule has 0 spiro atoms. The van der Waals surface area contributed by atoms with Crippen LogP contribution in [-0.2, 0) is 23.7 Å². The summed E-state index contributed by atoms with van der Waals surface area (Å²) in [4.78, 5) is 13.5. The number of hydrogen-bond donors (Lipinski definition) is 7. The van der Waals surface area contributed by atoms with E-state index in [2.05, 4.69) is 19.9 Å². The van der Waals surface area contributed by atoms with Crippen molar-refractivity contribution in [3.63, 3.8) is 0 Å². The molecule has 7 N–H and O–H groups in total. The van der Waals surface area contributed by atoms with Crippen LogP contribution in [-0.4, -0.2) is 136 Å². The molecule has 14 nitrogen and oxygen atoms in total. The van der Waals surface area contributed by atoms with Gasteiger partial charge in [0.2, 0.25) is 0 Å². The smallest absolute Gasteiger partial charge is 0.187 e. The number of fused-ring (bicyclic) bond motifs is 5. The Hall–Kier alpha value is -2.21. The van der Waals surface area contributed by atoms with Crippen LogP contribution in [0.3, 0.4) is 0 Å². The van der Waals surface area contributed by atoms with Crippen LogP contribution in [0.25, 0.3) is 0 Å². The van der Waals surface area contributed by atoms with Crippen molar-refractivity contribution in [2.45, 2.75) is 139 Å². The number of rotatable bonds is 10. The summed E-state index contributed by atoms with van der Waals surface area (Å²) >= 11 is 0. The Kier molecular flexibility index (Phi) is 11.8. The molecular formula is C41H60O14. The average molecular weight is 777 g/mol. The van der Waals surface area contributed by atoms with E-state index in [1.54, 1.807) is 21.1 Å². The van der Waals surface area contributed by atoms with Gasteiger partial charge in [0.15, 0.2) is 12.6 Å². The average Bonchev–Trinajstić information content (AvgIpc) is 3.50. The molecule has 3 saturated carbocycles. The lowest BCUT2D eigenvalue weighted by atomic mass is 9.47. The highest BCUT2D eigenvalue weighted by Crippen LogP contribution is 2.69. The molecule has 14 heteroatoms. The minimum atomic E-state index is -1.74. The van der Waals surface area contributed by atoms with Crippen molar-refractivity contribution < 1.29 is 69.0 Å². The third kappa shape index (κ3) is 6.96. The summed E-state index contributed by atoms with van der Waals surface area (Å²) in [5, 5.41) is 72.9. The lowest BCUT2D eigenvalue weighted by Crippen LogP contribution is -2.65. The molecule has 1 aromatic rings. The number of ether oxygens (including phenoxy) is 6. The number of hydrogen-bond acceptors (Lipinski definition) is 14. The highest BCUT2D eigenvalue weighted by molar-refractivity contribution is 5.81. The van der Waals surface area contributed by atoms with E-state index >= 15 is 0 Å². The lowest BCUT2D eigenvalue weighted by molar-refractivity contribution is -0.363. The first kappa shape index (κ1) is 41.0. The SMILES string of the molecule is COc1ccc(OC)c([C@@H]2C[C@H]3[C@@H]4CC=C5C[C@@H](O[C@H]6O[C@H](CO)[C@@H](O[C@H]7O[C@H](CO)[C@@H](O)[C@H](O)[C@H]7O)[C@H](O)[C@H]6O)CC[C@]5(C)[C@H]4CC[C@]3(C)[C@H]2C(C)=O)c1. The van der Waals surface area contributed by atoms with E-state index in [9.17, 15) is 40.5 Å².